The molecule has 3 aromatic rings. The number of nitrogens with two attached hydrogens (primary N) is 1. The van der Waals surface area contributed by atoms with Crippen LogP contribution in [0.3, 0.4) is 0 Å². The molecule has 1 amide bonds. The first kappa shape index (κ1) is 16.7. The highest BCUT2D eigenvalue weighted by Crippen LogP contribution is 2.19. The summed E-state index contributed by atoms with van der Waals surface area (Å²) in [6.45, 7) is 1.05. The fourth-order valence-corrected chi connectivity index (χ4v) is 2.34. The molecule has 0 fully saturated rings. The van der Waals surface area contributed by atoms with Gasteiger partial charge in [0.15, 0.2) is 11.5 Å². The predicted octanol–water partition coefficient (Wildman–Crippen LogP) is 0.765. The van der Waals surface area contributed by atoms with Gasteiger partial charge in [-0.2, -0.15) is 0 Å². The number of hydrogen-bond donors (Lipinski definition) is 3. The van der Waals surface area contributed by atoms with Gasteiger partial charge in [0.2, 0.25) is 5.91 Å². The summed E-state index contributed by atoms with van der Waals surface area (Å²) in [5.41, 5.74) is 7.33. The van der Waals surface area contributed by atoms with Crippen LogP contribution < -0.4 is 20.7 Å². The highest BCUT2D eigenvalue weighted by Gasteiger charge is 2.13. The van der Waals surface area contributed by atoms with Crippen molar-refractivity contribution in [2.75, 3.05) is 37.0 Å². The monoisotopic (exact) mass is 341 g/mol. The van der Waals surface area contributed by atoms with Crippen LogP contribution in [0.25, 0.3) is 11.2 Å². The van der Waals surface area contributed by atoms with Crippen molar-refractivity contribution in [2.24, 2.45) is 5.73 Å². The van der Waals surface area contributed by atoms with Gasteiger partial charge in [-0.1, -0.05) is 0 Å². The van der Waals surface area contributed by atoms with Crippen LogP contribution in [0.4, 0.5) is 11.5 Å². The zero-order valence-electron chi connectivity index (χ0n) is 13.8. The lowest BCUT2D eigenvalue weighted by molar-refractivity contribution is -0.114. The number of likely N-dealkylation sites (N-methyl/N-ethyl adjacent to an activating group) is 1. The molecule has 0 spiro atoms. The molecular formula is C16H19N7O2. The number of nitrogens with one attached hydrogen (secondary N) is 2. The Morgan fingerprint density at radius 3 is 2.84 bits per heavy atom. The third kappa shape index (κ3) is 4.01. The molecule has 3 rings (SSSR count). The molecule has 2 aromatic heterocycles. The summed E-state index contributed by atoms with van der Waals surface area (Å²) in [6.07, 6.45) is 2.97. The molecule has 0 aliphatic rings. The van der Waals surface area contributed by atoms with E-state index in [1.807, 2.05) is 0 Å². The van der Waals surface area contributed by atoms with E-state index in [9.17, 15) is 4.79 Å². The van der Waals surface area contributed by atoms with Gasteiger partial charge in [0, 0.05) is 19.3 Å². The smallest absolute Gasteiger partial charge is 0.243 e. The molecule has 130 valence electrons. The first-order chi connectivity index (χ1) is 12.2. The van der Waals surface area contributed by atoms with Gasteiger partial charge in [-0.15, -0.1) is 0 Å². The molecule has 1 aromatic carbocycles. The van der Waals surface area contributed by atoms with Gasteiger partial charge in [-0.25, -0.2) is 15.0 Å². The second-order valence-electron chi connectivity index (χ2n) is 5.36. The predicted molar refractivity (Wildman–Crippen MR) is 94.6 cm³/mol. The van der Waals surface area contributed by atoms with Gasteiger partial charge in [0.1, 0.15) is 24.2 Å². The molecule has 2 heterocycles. The van der Waals surface area contributed by atoms with Gasteiger partial charge in [-0.3, -0.25) is 4.79 Å². The van der Waals surface area contributed by atoms with Crippen LogP contribution in [-0.4, -0.2) is 52.6 Å². The average molecular weight is 341 g/mol. The number of amides is 1. The van der Waals surface area contributed by atoms with Crippen LogP contribution in [0.1, 0.15) is 0 Å². The van der Waals surface area contributed by atoms with Gasteiger partial charge in [0.25, 0.3) is 0 Å². The van der Waals surface area contributed by atoms with Gasteiger partial charge < -0.3 is 25.7 Å². The lowest BCUT2D eigenvalue weighted by atomic mass is 10.3. The summed E-state index contributed by atoms with van der Waals surface area (Å²) < 4.78 is 5.40. The van der Waals surface area contributed by atoms with Crippen LogP contribution in [0.15, 0.2) is 36.9 Å². The van der Waals surface area contributed by atoms with Crippen LogP contribution >= 0.6 is 0 Å². The summed E-state index contributed by atoms with van der Waals surface area (Å²) in [5, 5.41) is 2.84. The Labute approximate surface area is 144 Å². The zero-order chi connectivity index (χ0) is 17.6. The van der Waals surface area contributed by atoms with Crippen molar-refractivity contribution in [3.05, 3.63) is 36.9 Å². The maximum Gasteiger partial charge on any atom is 0.243 e. The fraction of sp³-hybridized carbons (Fsp3) is 0.250. The molecule has 9 nitrogen and oxygen atoms in total. The Morgan fingerprint density at radius 1 is 1.28 bits per heavy atom. The highest BCUT2D eigenvalue weighted by molar-refractivity contribution is 5.95. The van der Waals surface area contributed by atoms with Crippen LogP contribution in [0.5, 0.6) is 5.75 Å². The molecule has 4 N–H and O–H groups in total. The summed E-state index contributed by atoms with van der Waals surface area (Å²) in [7, 11) is 1.78. The average Bonchev–Trinajstić information content (AvgIpc) is 3.09. The number of rotatable bonds is 7. The van der Waals surface area contributed by atoms with E-state index in [-0.39, 0.29) is 12.5 Å². The van der Waals surface area contributed by atoms with Crippen molar-refractivity contribution in [1.29, 1.82) is 0 Å². The van der Waals surface area contributed by atoms with Gasteiger partial charge >= 0.3 is 0 Å². The first-order valence-corrected chi connectivity index (χ1v) is 7.75. The normalized spacial score (nSPS) is 10.6. The number of ether oxygens (including phenoxy) is 1. The summed E-state index contributed by atoms with van der Waals surface area (Å²) in [5.74, 6) is 1.16. The first-order valence-electron chi connectivity index (χ1n) is 7.75. The van der Waals surface area contributed by atoms with Crippen molar-refractivity contribution in [2.45, 2.75) is 0 Å². The Kier molecular flexibility index (Phi) is 5.05. The molecule has 0 atom stereocenters. The maximum atomic E-state index is 12.3. The second kappa shape index (κ2) is 7.58. The van der Waals surface area contributed by atoms with E-state index < -0.39 is 0 Å². The minimum absolute atomic E-state index is 0.135. The van der Waals surface area contributed by atoms with Gasteiger partial charge in [0.05, 0.1) is 12.9 Å². The Bertz CT molecular complexity index is 847. The second-order valence-corrected chi connectivity index (χ2v) is 5.36. The highest BCUT2D eigenvalue weighted by atomic mass is 16.5. The van der Waals surface area contributed by atoms with E-state index in [1.165, 1.54) is 6.33 Å². The standard InChI is InChI=1S/C16H19N7O2/c1-23(16-14-15(19-9-18-14)20-10-21-16)8-13(24)22-11-2-4-12(5-3-11)25-7-6-17/h2-5,9-10H,6-8,17H2,1H3,(H,22,24)(H,18,19,20,21). The SMILES string of the molecule is CN(CC(=O)Nc1ccc(OCCN)cc1)c1ncnc2nc[nH]c12. The van der Waals surface area contributed by atoms with Crippen LogP contribution in [0.2, 0.25) is 0 Å². The third-order valence-electron chi connectivity index (χ3n) is 3.47. The van der Waals surface area contributed by atoms with E-state index >= 15 is 0 Å². The number of aromatic nitrogens is 4. The number of hydrogen-bond acceptors (Lipinski definition) is 7. The van der Waals surface area contributed by atoms with Crippen molar-refractivity contribution in [1.82, 2.24) is 19.9 Å². The number of aromatic amines is 1. The number of H-pyrrole nitrogens is 1. The van der Waals surface area contributed by atoms with Crippen molar-refractivity contribution in [3.8, 4) is 5.75 Å². The van der Waals surface area contributed by atoms with E-state index in [0.717, 1.165) is 0 Å². The molecule has 0 unspecified atom stereocenters. The van der Waals surface area contributed by atoms with Gasteiger partial charge in [-0.05, 0) is 24.3 Å². The molecule has 0 aliphatic heterocycles. The van der Waals surface area contributed by atoms with Crippen molar-refractivity contribution >= 4 is 28.6 Å². The molecule has 0 radical (unpaired) electrons. The lowest BCUT2D eigenvalue weighted by Gasteiger charge is -2.17. The van der Waals surface area contributed by atoms with Crippen LogP contribution in [0, 0.1) is 0 Å². The number of fused-ring (bicyclic) bond motifs is 1. The van der Waals surface area contributed by atoms with E-state index in [2.05, 4.69) is 25.3 Å². The Hall–Kier alpha value is -3.20. The van der Waals surface area contributed by atoms with E-state index in [0.29, 0.717) is 41.6 Å². The van der Waals surface area contributed by atoms with Crippen molar-refractivity contribution < 1.29 is 9.53 Å². The summed E-state index contributed by atoms with van der Waals surface area (Å²) >= 11 is 0. The molecule has 9 heteroatoms. The van der Waals surface area contributed by atoms with E-state index in [1.54, 1.807) is 42.5 Å². The summed E-state index contributed by atoms with van der Waals surface area (Å²) in [4.78, 5) is 29.3. The molecule has 0 saturated heterocycles. The minimum Gasteiger partial charge on any atom is -0.492 e. The topological polar surface area (TPSA) is 122 Å². The minimum atomic E-state index is -0.163. The molecule has 0 aliphatic carbocycles. The van der Waals surface area contributed by atoms with Crippen molar-refractivity contribution in [3.63, 3.8) is 0 Å². The van der Waals surface area contributed by atoms with Crippen LogP contribution in [-0.2, 0) is 4.79 Å². The Morgan fingerprint density at radius 2 is 2.08 bits per heavy atom. The lowest BCUT2D eigenvalue weighted by Crippen LogP contribution is -2.30. The maximum absolute atomic E-state index is 12.3. The number of carbonyl (C=O) groups excluding carboxylic acids is 1. The Balaban J connectivity index is 1.61. The number of carbonyl (C=O) groups is 1. The molecule has 0 saturated carbocycles. The number of benzene rings is 1. The number of anilines is 2. The number of nitrogens with zero attached hydrogens (tertiary/aromatic N) is 4. The molecular weight excluding hydrogens is 322 g/mol. The largest absolute Gasteiger partial charge is 0.492 e. The summed E-state index contributed by atoms with van der Waals surface area (Å²) in [6, 6.07) is 7.13. The quantitative estimate of drug-likeness (QED) is 0.580. The molecule has 25 heavy (non-hydrogen) atoms. The fourth-order valence-electron chi connectivity index (χ4n) is 2.34. The number of imidazole rings is 1. The molecule has 0 bridgehead atoms. The third-order valence-corrected chi connectivity index (χ3v) is 3.47. The van der Waals surface area contributed by atoms with E-state index in [4.69, 9.17) is 10.5 Å². The zero-order valence-corrected chi connectivity index (χ0v) is 13.8.